The standard InChI is InChI=1S/C7H9FO/c1-7(2,8)6-4-3-5-9-6/h3-5H,1-2H3. The molecule has 0 aliphatic heterocycles. The third kappa shape index (κ3) is 1.31. The first-order valence-corrected chi connectivity index (χ1v) is 2.83. The van der Waals surface area contributed by atoms with E-state index in [1.54, 1.807) is 12.1 Å². The third-order valence-electron chi connectivity index (χ3n) is 1.11. The van der Waals surface area contributed by atoms with Gasteiger partial charge in [0.1, 0.15) is 5.76 Å². The van der Waals surface area contributed by atoms with Crippen molar-refractivity contribution in [3.8, 4) is 0 Å². The van der Waals surface area contributed by atoms with E-state index in [4.69, 9.17) is 4.42 Å². The molecule has 2 heteroatoms. The molecule has 0 bridgehead atoms. The molecule has 1 heterocycles. The van der Waals surface area contributed by atoms with E-state index >= 15 is 0 Å². The van der Waals surface area contributed by atoms with Gasteiger partial charge in [-0.2, -0.15) is 0 Å². The van der Waals surface area contributed by atoms with Crippen LogP contribution in [0.2, 0.25) is 0 Å². The van der Waals surface area contributed by atoms with Crippen molar-refractivity contribution in [1.82, 2.24) is 0 Å². The highest BCUT2D eigenvalue weighted by molar-refractivity contribution is 5.05. The fourth-order valence-electron chi connectivity index (χ4n) is 0.617. The van der Waals surface area contributed by atoms with E-state index in [-0.39, 0.29) is 0 Å². The van der Waals surface area contributed by atoms with Crippen molar-refractivity contribution in [3.05, 3.63) is 24.2 Å². The van der Waals surface area contributed by atoms with Crippen LogP contribution in [0.3, 0.4) is 0 Å². The maximum Gasteiger partial charge on any atom is 0.162 e. The van der Waals surface area contributed by atoms with Gasteiger partial charge in [-0.3, -0.25) is 0 Å². The van der Waals surface area contributed by atoms with Crippen LogP contribution < -0.4 is 0 Å². The van der Waals surface area contributed by atoms with E-state index in [9.17, 15) is 4.39 Å². The molecule has 1 aromatic rings. The Bertz CT molecular complexity index is 171. The molecule has 9 heavy (non-hydrogen) atoms. The molecule has 0 amide bonds. The zero-order valence-corrected chi connectivity index (χ0v) is 5.52. The second-order valence-corrected chi connectivity index (χ2v) is 2.45. The van der Waals surface area contributed by atoms with E-state index in [0.29, 0.717) is 5.76 Å². The number of rotatable bonds is 1. The summed E-state index contributed by atoms with van der Waals surface area (Å²) in [7, 11) is 0. The first-order valence-electron chi connectivity index (χ1n) is 2.83. The van der Waals surface area contributed by atoms with Crippen LogP contribution in [0.1, 0.15) is 19.6 Å². The molecule has 1 nitrogen and oxygen atoms in total. The molecule has 0 spiro atoms. The Morgan fingerprint density at radius 3 is 2.44 bits per heavy atom. The highest BCUT2D eigenvalue weighted by Crippen LogP contribution is 2.23. The fourth-order valence-corrected chi connectivity index (χ4v) is 0.617. The summed E-state index contributed by atoms with van der Waals surface area (Å²) in [5.74, 6) is 0.377. The van der Waals surface area contributed by atoms with Crippen molar-refractivity contribution < 1.29 is 8.81 Å². The van der Waals surface area contributed by atoms with Crippen LogP contribution in [0.4, 0.5) is 4.39 Å². The Kier molecular flexibility index (Phi) is 1.31. The molecular weight excluding hydrogens is 119 g/mol. The maximum atomic E-state index is 12.9. The topological polar surface area (TPSA) is 13.1 Å². The summed E-state index contributed by atoms with van der Waals surface area (Å²) in [6.45, 7) is 2.93. The Morgan fingerprint density at radius 1 is 1.56 bits per heavy atom. The van der Waals surface area contributed by atoms with Crippen LogP contribution in [-0.4, -0.2) is 0 Å². The molecule has 1 aromatic heterocycles. The maximum absolute atomic E-state index is 12.9. The minimum atomic E-state index is -1.34. The average Bonchev–Trinajstić information content (AvgIpc) is 2.08. The minimum absolute atomic E-state index is 0.377. The molecule has 0 aromatic carbocycles. The average molecular weight is 128 g/mol. The Morgan fingerprint density at radius 2 is 2.22 bits per heavy atom. The van der Waals surface area contributed by atoms with Gasteiger partial charge < -0.3 is 4.42 Å². The minimum Gasteiger partial charge on any atom is -0.466 e. The van der Waals surface area contributed by atoms with Crippen molar-refractivity contribution in [3.63, 3.8) is 0 Å². The van der Waals surface area contributed by atoms with Crippen molar-refractivity contribution in [2.24, 2.45) is 0 Å². The second kappa shape index (κ2) is 1.87. The third-order valence-corrected chi connectivity index (χ3v) is 1.11. The highest BCUT2D eigenvalue weighted by Gasteiger charge is 2.20. The van der Waals surface area contributed by atoms with E-state index in [0.717, 1.165) is 0 Å². The lowest BCUT2D eigenvalue weighted by Gasteiger charge is -2.08. The van der Waals surface area contributed by atoms with E-state index in [1.165, 1.54) is 20.1 Å². The summed E-state index contributed by atoms with van der Waals surface area (Å²) in [5.41, 5.74) is -1.34. The number of hydrogen-bond donors (Lipinski definition) is 0. The SMILES string of the molecule is CC(C)(F)c1ccco1. The van der Waals surface area contributed by atoms with Gasteiger partial charge in [0, 0.05) is 0 Å². The Hall–Kier alpha value is -0.790. The summed E-state index contributed by atoms with van der Waals surface area (Å²) in [6.07, 6.45) is 1.47. The molecule has 0 aliphatic carbocycles. The Labute approximate surface area is 53.5 Å². The molecular formula is C7H9FO. The summed E-state index contributed by atoms with van der Waals surface area (Å²) < 4.78 is 17.7. The molecule has 0 atom stereocenters. The summed E-state index contributed by atoms with van der Waals surface area (Å²) in [4.78, 5) is 0. The first kappa shape index (κ1) is 6.33. The molecule has 0 aliphatic rings. The number of hydrogen-bond acceptors (Lipinski definition) is 1. The molecule has 1 rings (SSSR count). The lowest BCUT2D eigenvalue weighted by Crippen LogP contribution is -2.06. The van der Waals surface area contributed by atoms with Gasteiger partial charge in [-0.1, -0.05) is 0 Å². The van der Waals surface area contributed by atoms with E-state index < -0.39 is 5.67 Å². The van der Waals surface area contributed by atoms with Gasteiger partial charge in [-0.05, 0) is 26.0 Å². The molecule has 0 N–H and O–H groups in total. The predicted octanol–water partition coefficient (Wildman–Crippen LogP) is 2.48. The van der Waals surface area contributed by atoms with Gasteiger partial charge in [0.05, 0.1) is 6.26 Å². The van der Waals surface area contributed by atoms with Crippen molar-refractivity contribution in [2.45, 2.75) is 19.5 Å². The van der Waals surface area contributed by atoms with Gasteiger partial charge in [0.15, 0.2) is 5.67 Å². The summed E-state index contributed by atoms with van der Waals surface area (Å²) >= 11 is 0. The molecule has 0 saturated carbocycles. The largest absolute Gasteiger partial charge is 0.466 e. The van der Waals surface area contributed by atoms with E-state index in [1.807, 2.05) is 0 Å². The fraction of sp³-hybridized carbons (Fsp3) is 0.429. The lowest BCUT2D eigenvalue weighted by molar-refractivity contribution is 0.179. The lowest BCUT2D eigenvalue weighted by atomic mass is 10.1. The second-order valence-electron chi connectivity index (χ2n) is 2.45. The zero-order chi connectivity index (χ0) is 6.91. The van der Waals surface area contributed by atoms with Gasteiger partial charge >= 0.3 is 0 Å². The van der Waals surface area contributed by atoms with Crippen LogP contribution in [0.25, 0.3) is 0 Å². The highest BCUT2D eigenvalue weighted by atomic mass is 19.1. The van der Waals surface area contributed by atoms with E-state index in [2.05, 4.69) is 0 Å². The quantitative estimate of drug-likeness (QED) is 0.566. The smallest absolute Gasteiger partial charge is 0.162 e. The van der Waals surface area contributed by atoms with Crippen molar-refractivity contribution >= 4 is 0 Å². The number of halogens is 1. The van der Waals surface area contributed by atoms with Gasteiger partial charge in [-0.25, -0.2) is 4.39 Å². The molecule has 0 saturated heterocycles. The molecule has 0 radical (unpaired) electrons. The Balaban J connectivity index is 2.90. The zero-order valence-electron chi connectivity index (χ0n) is 5.52. The molecule has 0 unspecified atom stereocenters. The van der Waals surface area contributed by atoms with Crippen molar-refractivity contribution in [1.29, 1.82) is 0 Å². The van der Waals surface area contributed by atoms with Gasteiger partial charge in [0.2, 0.25) is 0 Å². The van der Waals surface area contributed by atoms with Crippen LogP contribution in [-0.2, 0) is 5.67 Å². The monoisotopic (exact) mass is 128 g/mol. The van der Waals surface area contributed by atoms with Crippen LogP contribution >= 0.6 is 0 Å². The molecule has 50 valence electrons. The summed E-state index contributed by atoms with van der Waals surface area (Å²) in [5, 5.41) is 0. The summed E-state index contributed by atoms with van der Waals surface area (Å²) in [6, 6.07) is 3.30. The normalized spacial score (nSPS) is 11.9. The number of alkyl halides is 1. The predicted molar refractivity (Wildman–Crippen MR) is 32.8 cm³/mol. The van der Waals surface area contributed by atoms with Crippen LogP contribution in [0.15, 0.2) is 22.8 Å². The van der Waals surface area contributed by atoms with Crippen LogP contribution in [0.5, 0.6) is 0 Å². The van der Waals surface area contributed by atoms with Crippen molar-refractivity contribution in [2.75, 3.05) is 0 Å². The number of furan rings is 1. The molecule has 0 fully saturated rings. The first-order chi connectivity index (χ1) is 4.11. The van der Waals surface area contributed by atoms with Gasteiger partial charge in [0.25, 0.3) is 0 Å². The van der Waals surface area contributed by atoms with Crippen LogP contribution in [0, 0.1) is 0 Å². The van der Waals surface area contributed by atoms with Gasteiger partial charge in [-0.15, -0.1) is 0 Å².